The van der Waals surface area contributed by atoms with Gasteiger partial charge in [0.15, 0.2) is 0 Å². The highest BCUT2D eigenvalue weighted by molar-refractivity contribution is 5.86. The van der Waals surface area contributed by atoms with E-state index >= 15 is 0 Å². The predicted molar refractivity (Wildman–Crippen MR) is 64.2 cm³/mol. The van der Waals surface area contributed by atoms with E-state index in [4.69, 9.17) is 0 Å². The summed E-state index contributed by atoms with van der Waals surface area (Å²) in [4.78, 5) is 23.1. The van der Waals surface area contributed by atoms with Crippen molar-refractivity contribution in [3.63, 3.8) is 0 Å². The van der Waals surface area contributed by atoms with Gasteiger partial charge in [0.1, 0.15) is 5.78 Å². The first-order valence-electron chi connectivity index (χ1n) is 6.90. The van der Waals surface area contributed by atoms with Crippen LogP contribution in [0.2, 0.25) is 0 Å². The van der Waals surface area contributed by atoms with Gasteiger partial charge >= 0.3 is 0 Å². The summed E-state index contributed by atoms with van der Waals surface area (Å²) >= 11 is 0. The quantitative estimate of drug-likeness (QED) is 0.810. The lowest BCUT2D eigenvalue weighted by Crippen LogP contribution is -2.51. The third kappa shape index (κ3) is 2.00. The van der Waals surface area contributed by atoms with Gasteiger partial charge in [0.05, 0.1) is 6.54 Å². The van der Waals surface area contributed by atoms with Gasteiger partial charge in [0.25, 0.3) is 0 Å². The molecule has 3 heteroatoms. The predicted octanol–water partition coefficient (Wildman–Crippen LogP) is 1.76. The Morgan fingerprint density at radius 1 is 1.00 bits per heavy atom. The number of hydrogen-bond acceptors (Lipinski definition) is 2. The minimum atomic E-state index is 0.0437. The number of Topliss-reactive ketones (excluding diaryl/α,β-unsaturated/α-hetero) is 1. The Morgan fingerprint density at radius 2 is 1.53 bits per heavy atom. The van der Waals surface area contributed by atoms with E-state index in [9.17, 15) is 9.59 Å². The van der Waals surface area contributed by atoms with Gasteiger partial charge in [0.2, 0.25) is 5.91 Å². The summed E-state index contributed by atoms with van der Waals surface area (Å²) in [5.74, 6) is 3.42. The first kappa shape index (κ1) is 11.2. The molecule has 4 saturated carbocycles. The highest BCUT2D eigenvalue weighted by Gasteiger charge is 2.50. The second-order valence-electron chi connectivity index (χ2n) is 6.38. The lowest BCUT2D eigenvalue weighted by molar-refractivity contribution is -0.139. The molecule has 4 aliphatic rings. The first-order valence-corrected chi connectivity index (χ1v) is 6.90. The molecule has 3 nitrogen and oxygen atoms in total. The minimum Gasteiger partial charge on any atom is -0.349 e. The molecule has 4 bridgehead atoms. The molecule has 0 spiro atoms. The standard InChI is InChI=1S/C14H21NO2/c1-8(16)7-15-14(17)13-11-3-9-2-10(5-11)6-12(13)4-9/h9-13H,2-7H2,1H3,(H,15,17). The molecule has 4 aliphatic carbocycles. The molecule has 0 aliphatic heterocycles. The highest BCUT2D eigenvalue weighted by atomic mass is 16.2. The maximum absolute atomic E-state index is 12.2. The van der Waals surface area contributed by atoms with Crippen LogP contribution in [0.15, 0.2) is 0 Å². The Kier molecular flexibility index (Phi) is 2.72. The van der Waals surface area contributed by atoms with Crippen molar-refractivity contribution >= 4 is 11.7 Å². The van der Waals surface area contributed by atoms with Gasteiger partial charge in [-0.2, -0.15) is 0 Å². The van der Waals surface area contributed by atoms with Crippen LogP contribution in [-0.2, 0) is 9.59 Å². The normalized spacial score (nSPS) is 42.5. The summed E-state index contributed by atoms with van der Waals surface area (Å²) < 4.78 is 0. The average molecular weight is 235 g/mol. The van der Waals surface area contributed by atoms with Crippen LogP contribution in [0.1, 0.15) is 39.0 Å². The third-order valence-electron chi connectivity index (χ3n) is 5.04. The maximum atomic E-state index is 12.2. The number of amides is 1. The van der Waals surface area contributed by atoms with E-state index in [2.05, 4.69) is 5.32 Å². The van der Waals surface area contributed by atoms with Crippen molar-refractivity contribution in [1.29, 1.82) is 0 Å². The fraction of sp³-hybridized carbons (Fsp3) is 0.857. The van der Waals surface area contributed by atoms with Crippen molar-refractivity contribution in [3.05, 3.63) is 0 Å². The van der Waals surface area contributed by atoms with Crippen LogP contribution in [0.5, 0.6) is 0 Å². The molecule has 4 fully saturated rings. The van der Waals surface area contributed by atoms with E-state index in [1.54, 1.807) is 0 Å². The van der Waals surface area contributed by atoms with Gasteiger partial charge in [-0.1, -0.05) is 0 Å². The van der Waals surface area contributed by atoms with Crippen LogP contribution >= 0.6 is 0 Å². The van der Waals surface area contributed by atoms with Crippen molar-refractivity contribution in [2.24, 2.45) is 29.6 Å². The molecule has 0 atom stereocenters. The van der Waals surface area contributed by atoms with E-state index in [1.165, 1.54) is 39.0 Å². The van der Waals surface area contributed by atoms with Crippen LogP contribution < -0.4 is 5.32 Å². The van der Waals surface area contributed by atoms with Crippen molar-refractivity contribution in [1.82, 2.24) is 5.32 Å². The van der Waals surface area contributed by atoms with E-state index < -0.39 is 0 Å². The van der Waals surface area contributed by atoms with Crippen molar-refractivity contribution in [3.8, 4) is 0 Å². The molecule has 0 aromatic rings. The molecule has 0 saturated heterocycles. The smallest absolute Gasteiger partial charge is 0.224 e. The van der Waals surface area contributed by atoms with Gasteiger partial charge in [-0.3, -0.25) is 9.59 Å². The molecule has 0 unspecified atom stereocenters. The number of hydrogen-bond donors (Lipinski definition) is 1. The molecule has 0 aromatic heterocycles. The minimum absolute atomic E-state index is 0.0437. The second kappa shape index (κ2) is 4.11. The lowest BCUT2D eigenvalue weighted by atomic mass is 9.51. The lowest BCUT2D eigenvalue weighted by Gasteiger charge is -2.53. The fourth-order valence-electron chi connectivity index (χ4n) is 4.68. The molecular weight excluding hydrogens is 214 g/mol. The third-order valence-corrected chi connectivity index (χ3v) is 5.04. The molecule has 0 aromatic carbocycles. The zero-order valence-corrected chi connectivity index (χ0v) is 10.4. The summed E-state index contributed by atoms with van der Waals surface area (Å²) in [6.07, 6.45) is 6.43. The SMILES string of the molecule is CC(=O)CNC(=O)C1C2CC3CC(C2)CC1C3. The zero-order valence-electron chi connectivity index (χ0n) is 10.4. The molecular formula is C14H21NO2. The van der Waals surface area contributed by atoms with Gasteiger partial charge in [0, 0.05) is 5.92 Å². The Bertz CT molecular complexity index is 322. The maximum Gasteiger partial charge on any atom is 0.224 e. The molecule has 0 radical (unpaired) electrons. The van der Waals surface area contributed by atoms with E-state index in [0.717, 1.165) is 11.8 Å². The highest BCUT2D eigenvalue weighted by Crippen LogP contribution is 2.56. The van der Waals surface area contributed by atoms with Gasteiger partial charge in [-0.15, -0.1) is 0 Å². The largest absolute Gasteiger partial charge is 0.349 e. The number of carbonyl (C=O) groups excluding carboxylic acids is 2. The monoisotopic (exact) mass is 235 g/mol. The molecule has 17 heavy (non-hydrogen) atoms. The first-order chi connectivity index (χ1) is 8.13. The van der Waals surface area contributed by atoms with Crippen LogP contribution in [0.25, 0.3) is 0 Å². The summed E-state index contributed by atoms with van der Waals surface area (Å²) in [7, 11) is 0. The molecule has 1 N–H and O–H groups in total. The zero-order chi connectivity index (χ0) is 12.0. The summed E-state index contributed by atoms with van der Waals surface area (Å²) in [5.41, 5.74) is 0. The Morgan fingerprint density at radius 3 is 2.00 bits per heavy atom. The van der Waals surface area contributed by atoms with Crippen molar-refractivity contribution < 1.29 is 9.59 Å². The summed E-state index contributed by atoms with van der Waals surface area (Å²) in [5, 5.41) is 2.82. The summed E-state index contributed by atoms with van der Waals surface area (Å²) in [6.45, 7) is 1.73. The van der Waals surface area contributed by atoms with E-state index in [0.29, 0.717) is 11.8 Å². The number of nitrogens with one attached hydrogen (secondary N) is 1. The Hall–Kier alpha value is -0.860. The van der Waals surface area contributed by atoms with Crippen molar-refractivity contribution in [2.75, 3.05) is 6.54 Å². The fourth-order valence-corrected chi connectivity index (χ4v) is 4.68. The molecule has 94 valence electrons. The molecule has 0 heterocycles. The van der Waals surface area contributed by atoms with Crippen LogP contribution in [0, 0.1) is 29.6 Å². The molecule has 1 amide bonds. The summed E-state index contributed by atoms with van der Waals surface area (Å²) in [6, 6.07) is 0. The number of carbonyl (C=O) groups is 2. The van der Waals surface area contributed by atoms with Gasteiger partial charge in [-0.25, -0.2) is 0 Å². The topological polar surface area (TPSA) is 46.2 Å². The number of rotatable bonds is 3. The van der Waals surface area contributed by atoms with Crippen LogP contribution in [0.3, 0.4) is 0 Å². The van der Waals surface area contributed by atoms with Gasteiger partial charge in [-0.05, 0) is 62.7 Å². The number of ketones is 1. The Balaban J connectivity index is 1.67. The Labute approximate surface area is 102 Å². The van der Waals surface area contributed by atoms with Crippen LogP contribution in [0.4, 0.5) is 0 Å². The van der Waals surface area contributed by atoms with Gasteiger partial charge < -0.3 is 5.32 Å². The van der Waals surface area contributed by atoms with E-state index in [1.807, 2.05) is 0 Å². The second-order valence-corrected chi connectivity index (χ2v) is 6.38. The van der Waals surface area contributed by atoms with Crippen LogP contribution in [-0.4, -0.2) is 18.2 Å². The molecule has 4 rings (SSSR count). The van der Waals surface area contributed by atoms with E-state index in [-0.39, 0.29) is 24.2 Å². The van der Waals surface area contributed by atoms with Crippen molar-refractivity contribution in [2.45, 2.75) is 39.0 Å². The average Bonchev–Trinajstić information content (AvgIpc) is 2.24.